The monoisotopic (exact) mass is 294 g/mol. The minimum Gasteiger partial charge on any atom is -0.467 e. The van der Waals surface area contributed by atoms with E-state index in [2.05, 4.69) is 4.74 Å². The number of hydrogen-bond donors (Lipinski definition) is 0. The molecule has 1 amide bonds. The van der Waals surface area contributed by atoms with Crippen LogP contribution >= 0.6 is 0 Å². The van der Waals surface area contributed by atoms with Crippen molar-refractivity contribution in [3.05, 3.63) is 28.2 Å². The largest absolute Gasteiger partial charge is 0.467 e. The maximum Gasteiger partial charge on any atom is 0.416 e. The summed E-state index contributed by atoms with van der Waals surface area (Å²) in [4.78, 5) is 37.0. The SMILES string of the molecule is COC(=O)[C@@H]1CCCN1C(=O)Oc1c(C)n(C)ccc1=O. The highest BCUT2D eigenvalue weighted by atomic mass is 16.6. The van der Waals surface area contributed by atoms with E-state index in [0.717, 1.165) is 0 Å². The molecule has 21 heavy (non-hydrogen) atoms. The maximum atomic E-state index is 12.2. The molecule has 2 rings (SSSR count). The molecular weight excluding hydrogens is 276 g/mol. The lowest BCUT2D eigenvalue weighted by Gasteiger charge is -2.22. The van der Waals surface area contributed by atoms with Gasteiger partial charge in [0.25, 0.3) is 0 Å². The van der Waals surface area contributed by atoms with Gasteiger partial charge in [0.2, 0.25) is 5.43 Å². The molecular formula is C14H18N2O5. The molecule has 0 spiro atoms. The number of carbonyl (C=O) groups is 2. The molecule has 7 nitrogen and oxygen atoms in total. The van der Waals surface area contributed by atoms with Gasteiger partial charge in [-0.1, -0.05) is 0 Å². The van der Waals surface area contributed by atoms with Gasteiger partial charge in [-0.05, 0) is 19.8 Å². The standard InChI is InChI=1S/C14H18N2O5/c1-9-12(11(17)6-8-15(9)2)21-14(19)16-7-4-5-10(16)13(18)20-3/h6,8,10H,4-5,7H2,1-3H3/t10-/m0/s1. The number of methoxy groups -OCH3 is 1. The number of rotatable bonds is 2. The van der Waals surface area contributed by atoms with Gasteiger partial charge >= 0.3 is 12.1 Å². The summed E-state index contributed by atoms with van der Waals surface area (Å²) < 4.78 is 11.6. The number of pyridine rings is 1. The molecule has 0 unspecified atom stereocenters. The number of carbonyl (C=O) groups excluding carboxylic acids is 2. The number of nitrogens with zero attached hydrogens (tertiary/aromatic N) is 2. The zero-order valence-corrected chi connectivity index (χ0v) is 12.3. The molecule has 1 atom stereocenters. The zero-order chi connectivity index (χ0) is 15.6. The lowest BCUT2D eigenvalue weighted by Crippen LogP contribution is -2.43. The van der Waals surface area contributed by atoms with Crippen molar-refractivity contribution in [2.45, 2.75) is 25.8 Å². The number of likely N-dealkylation sites (tertiary alicyclic amines) is 1. The third-order valence-corrected chi connectivity index (χ3v) is 3.68. The fraction of sp³-hybridized carbons (Fsp3) is 0.500. The highest BCUT2D eigenvalue weighted by Crippen LogP contribution is 2.21. The molecule has 0 bridgehead atoms. The molecule has 1 aromatic heterocycles. The molecule has 1 aromatic rings. The number of aryl methyl sites for hydroxylation is 1. The second-order valence-electron chi connectivity index (χ2n) is 4.95. The van der Waals surface area contributed by atoms with Crippen LogP contribution in [0, 0.1) is 6.92 Å². The van der Waals surface area contributed by atoms with Crippen molar-refractivity contribution in [3.8, 4) is 5.75 Å². The van der Waals surface area contributed by atoms with Gasteiger partial charge in [0, 0.05) is 25.9 Å². The van der Waals surface area contributed by atoms with Crippen molar-refractivity contribution in [1.29, 1.82) is 0 Å². The van der Waals surface area contributed by atoms with Crippen LogP contribution in [0.4, 0.5) is 4.79 Å². The number of amides is 1. The molecule has 0 aromatic carbocycles. The van der Waals surface area contributed by atoms with Gasteiger partial charge in [0.05, 0.1) is 12.8 Å². The third kappa shape index (κ3) is 2.91. The van der Waals surface area contributed by atoms with E-state index < -0.39 is 18.1 Å². The van der Waals surface area contributed by atoms with E-state index in [1.54, 1.807) is 24.7 Å². The minimum atomic E-state index is -0.700. The van der Waals surface area contributed by atoms with Crippen molar-refractivity contribution in [2.24, 2.45) is 7.05 Å². The Morgan fingerprint density at radius 1 is 1.38 bits per heavy atom. The van der Waals surface area contributed by atoms with Crippen LogP contribution in [-0.4, -0.2) is 41.2 Å². The Kier molecular flexibility index (Phi) is 4.30. The van der Waals surface area contributed by atoms with Crippen molar-refractivity contribution in [1.82, 2.24) is 9.47 Å². The van der Waals surface area contributed by atoms with Crippen molar-refractivity contribution in [2.75, 3.05) is 13.7 Å². The molecule has 1 fully saturated rings. The van der Waals surface area contributed by atoms with E-state index in [1.165, 1.54) is 18.1 Å². The summed E-state index contributed by atoms with van der Waals surface area (Å²) >= 11 is 0. The fourth-order valence-electron chi connectivity index (χ4n) is 2.34. The highest BCUT2D eigenvalue weighted by Gasteiger charge is 2.36. The highest BCUT2D eigenvalue weighted by molar-refractivity contribution is 5.82. The predicted molar refractivity (Wildman–Crippen MR) is 74.2 cm³/mol. The fourth-order valence-corrected chi connectivity index (χ4v) is 2.34. The summed E-state index contributed by atoms with van der Waals surface area (Å²) in [5, 5.41) is 0. The van der Waals surface area contributed by atoms with Crippen LogP contribution in [0.15, 0.2) is 17.1 Å². The van der Waals surface area contributed by atoms with Gasteiger partial charge in [-0.15, -0.1) is 0 Å². The number of aromatic nitrogens is 1. The topological polar surface area (TPSA) is 77.8 Å². The molecule has 1 saturated heterocycles. The van der Waals surface area contributed by atoms with Crippen LogP contribution in [0.3, 0.4) is 0 Å². The average molecular weight is 294 g/mol. The lowest BCUT2D eigenvalue weighted by atomic mass is 10.2. The molecule has 0 N–H and O–H groups in total. The average Bonchev–Trinajstić information content (AvgIpc) is 2.96. The Morgan fingerprint density at radius 2 is 2.10 bits per heavy atom. The molecule has 0 aliphatic carbocycles. The number of ether oxygens (including phenoxy) is 2. The van der Waals surface area contributed by atoms with E-state index in [0.29, 0.717) is 25.1 Å². The molecule has 1 aliphatic rings. The molecule has 114 valence electrons. The summed E-state index contributed by atoms with van der Waals surface area (Å²) in [5.74, 6) is -0.484. The van der Waals surface area contributed by atoms with E-state index in [1.807, 2.05) is 0 Å². The predicted octanol–water partition coefficient (Wildman–Crippen LogP) is 0.830. The number of hydrogen-bond acceptors (Lipinski definition) is 5. The van der Waals surface area contributed by atoms with Gasteiger partial charge in [-0.25, -0.2) is 9.59 Å². The van der Waals surface area contributed by atoms with E-state index in [-0.39, 0.29) is 11.2 Å². The lowest BCUT2D eigenvalue weighted by molar-refractivity contribution is -0.145. The molecule has 2 heterocycles. The Labute approximate surface area is 122 Å². The third-order valence-electron chi connectivity index (χ3n) is 3.68. The van der Waals surface area contributed by atoms with E-state index in [9.17, 15) is 14.4 Å². The first kappa shape index (κ1) is 15.1. The van der Waals surface area contributed by atoms with Gasteiger partial charge in [0.1, 0.15) is 6.04 Å². The Balaban J connectivity index is 2.21. The van der Waals surface area contributed by atoms with Gasteiger partial charge in [0.15, 0.2) is 5.75 Å². The zero-order valence-electron chi connectivity index (χ0n) is 12.3. The van der Waals surface area contributed by atoms with Crippen molar-refractivity contribution >= 4 is 12.1 Å². The second kappa shape index (κ2) is 5.99. The molecule has 7 heteroatoms. The van der Waals surface area contributed by atoms with Crippen LogP contribution < -0.4 is 10.2 Å². The quantitative estimate of drug-likeness (QED) is 0.755. The first-order valence-electron chi connectivity index (χ1n) is 6.68. The summed E-state index contributed by atoms with van der Waals surface area (Å²) in [5.41, 5.74) is 0.178. The van der Waals surface area contributed by atoms with E-state index >= 15 is 0 Å². The van der Waals surface area contributed by atoms with Crippen molar-refractivity contribution in [3.63, 3.8) is 0 Å². The van der Waals surface area contributed by atoms with E-state index in [4.69, 9.17) is 4.74 Å². The summed E-state index contributed by atoms with van der Waals surface area (Å²) in [7, 11) is 3.03. The normalized spacial score (nSPS) is 17.7. The van der Waals surface area contributed by atoms with Crippen LogP contribution in [0.2, 0.25) is 0 Å². The second-order valence-corrected chi connectivity index (χ2v) is 4.95. The van der Waals surface area contributed by atoms with Crippen LogP contribution in [-0.2, 0) is 16.6 Å². The maximum absolute atomic E-state index is 12.2. The summed E-state index contributed by atoms with van der Waals surface area (Å²) in [6.07, 6.45) is 2.13. The minimum absolute atomic E-state index is 0.0134. The molecule has 0 saturated carbocycles. The Morgan fingerprint density at radius 3 is 2.76 bits per heavy atom. The Hall–Kier alpha value is -2.31. The first-order chi connectivity index (χ1) is 9.95. The van der Waals surface area contributed by atoms with Gasteiger partial charge < -0.3 is 14.0 Å². The van der Waals surface area contributed by atoms with Gasteiger partial charge in [-0.2, -0.15) is 0 Å². The molecule has 1 aliphatic heterocycles. The van der Waals surface area contributed by atoms with Crippen LogP contribution in [0.5, 0.6) is 5.75 Å². The summed E-state index contributed by atoms with van der Waals surface area (Å²) in [6, 6.07) is 0.688. The smallest absolute Gasteiger partial charge is 0.416 e. The summed E-state index contributed by atoms with van der Waals surface area (Å²) in [6.45, 7) is 2.09. The van der Waals surface area contributed by atoms with Crippen LogP contribution in [0.25, 0.3) is 0 Å². The van der Waals surface area contributed by atoms with Gasteiger partial charge in [-0.3, -0.25) is 9.69 Å². The number of esters is 1. The van der Waals surface area contributed by atoms with Crippen molar-refractivity contribution < 1.29 is 19.1 Å². The van der Waals surface area contributed by atoms with Crippen LogP contribution in [0.1, 0.15) is 18.5 Å². The molecule has 0 radical (unpaired) electrons. The Bertz CT molecular complexity index is 622. The first-order valence-corrected chi connectivity index (χ1v) is 6.68.